The number of rotatable bonds is 4. The van der Waals surface area contributed by atoms with Gasteiger partial charge in [-0.1, -0.05) is 6.92 Å². The number of carbonyl (C=O) groups excluding carboxylic acids is 1. The molecule has 0 bridgehead atoms. The van der Waals surface area contributed by atoms with E-state index in [0.717, 1.165) is 0 Å². The van der Waals surface area contributed by atoms with E-state index in [2.05, 4.69) is 10.3 Å². The molecule has 0 radical (unpaired) electrons. The fourth-order valence-corrected chi connectivity index (χ4v) is 1.08. The minimum atomic E-state index is -0.330. The summed E-state index contributed by atoms with van der Waals surface area (Å²) in [5.41, 5.74) is 0.705. The second-order valence-corrected chi connectivity index (χ2v) is 3.01. The number of aliphatic hydroxyl groups is 1. The van der Waals surface area contributed by atoms with E-state index in [1.165, 1.54) is 0 Å². The molecule has 0 saturated heterocycles. The number of aromatic nitrogens is 1. The zero-order valence-corrected chi connectivity index (χ0v) is 8.10. The van der Waals surface area contributed by atoms with Gasteiger partial charge in [0.1, 0.15) is 0 Å². The number of amides is 1. The summed E-state index contributed by atoms with van der Waals surface area (Å²) >= 11 is 0. The van der Waals surface area contributed by atoms with Crippen molar-refractivity contribution in [2.75, 3.05) is 11.9 Å². The number of anilines is 1. The topological polar surface area (TPSA) is 62.2 Å². The van der Waals surface area contributed by atoms with Crippen molar-refractivity contribution in [3.05, 3.63) is 24.5 Å². The number of hydrogen-bond acceptors (Lipinski definition) is 3. The lowest BCUT2D eigenvalue weighted by molar-refractivity contribution is -0.121. The van der Waals surface area contributed by atoms with Crippen molar-refractivity contribution in [1.29, 1.82) is 0 Å². The molecule has 1 unspecified atom stereocenters. The maximum absolute atomic E-state index is 11.5. The van der Waals surface area contributed by atoms with Crippen LogP contribution in [-0.4, -0.2) is 22.6 Å². The summed E-state index contributed by atoms with van der Waals surface area (Å²) in [6.45, 7) is 1.75. The Hall–Kier alpha value is -1.42. The number of nitrogens with zero attached hydrogens (tertiary/aromatic N) is 1. The molecule has 0 spiro atoms. The van der Waals surface area contributed by atoms with Crippen LogP contribution in [0.15, 0.2) is 24.5 Å². The number of aliphatic hydroxyl groups excluding tert-OH is 1. The highest BCUT2D eigenvalue weighted by atomic mass is 16.3. The zero-order valence-electron chi connectivity index (χ0n) is 8.10. The van der Waals surface area contributed by atoms with Crippen LogP contribution < -0.4 is 5.32 Å². The second-order valence-electron chi connectivity index (χ2n) is 3.01. The summed E-state index contributed by atoms with van der Waals surface area (Å²) in [5, 5.41) is 11.6. The maximum Gasteiger partial charge on any atom is 0.229 e. The molecule has 1 aromatic heterocycles. The molecular formula is C10H14N2O2. The molecule has 1 aromatic rings. The van der Waals surface area contributed by atoms with E-state index in [9.17, 15) is 4.79 Å². The molecule has 0 aliphatic heterocycles. The van der Waals surface area contributed by atoms with Crippen molar-refractivity contribution in [1.82, 2.24) is 4.98 Å². The highest BCUT2D eigenvalue weighted by Gasteiger charge is 2.14. The van der Waals surface area contributed by atoms with Crippen molar-refractivity contribution < 1.29 is 9.90 Å². The van der Waals surface area contributed by atoms with Gasteiger partial charge in [-0.2, -0.15) is 0 Å². The molecule has 0 aliphatic carbocycles. The Bertz CT molecular complexity index is 283. The van der Waals surface area contributed by atoms with Gasteiger partial charge in [0.15, 0.2) is 0 Å². The lowest BCUT2D eigenvalue weighted by Gasteiger charge is -2.11. The number of pyridine rings is 1. The third-order valence-electron chi connectivity index (χ3n) is 2.03. The zero-order chi connectivity index (χ0) is 10.4. The molecule has 1 rings (SSSR count). The Morgan fingerprint density at radius 1 is 1.57 bits per heavy atom. The minimum Gasteiger partial charge on any atom is -0.396 e. The summed E-state index contributed by atoms with van der Waals surface area (Å²) in [5.74, 6) is -0.482. The van der Waals surface area contributed by atoms with Gasteiger partial charge in [0.25, 0.3) is 0 Å². The Kier molecular flexibility index (Phi) is 4.07. The molecular weight excluding hydrogens is 180 g/mol. The van der Waals surface area contributed by atoms with Crippen molar-refractivity contribution in [3.8, 4) is 0 Å². The van der Waals surface area contributed by atoms with Crippen molar-refractivity contribution in [3.63, 3.8) is 0 Å². The standard InChI is InChI=1S/C10H14N2O2/c1-2-8(7-13)10(14)12-9-3-5-11-6-4-9/h3-6,8,13H,2,7H2,1H3,(H,11,12,14). The Balaban J connectivity index is 2.57. The first-order valence-corrected chi connectivity index (χ1v) is 4.59. The monoisotopic (exact) mass is 194 g/mol. The molecule has 0 aromatic carbocycles. The van der Waals surface area contributed by atoms with Crippen LogP contribution in [0, 0.1) is 5.92 Å². The maximum atomic E-state index is 11.5. The summed E-state index contributed by atoms with van der Waals surface area (Å²) in [7, 11) is 0. The molecule has 2 N–H and O–H groups in total. The predicted octanol–water partition coefficient (Wildman–Crippen LogP) is 1.04. The SMILES string of the molecule is CCC(CO)C(=O)Nc1ccncc1. The molecule has 0 aliphatic rings. The lowest BCUT2D eigenvalue weighted by atomic mass is 10.1. The molecule has 1 heterocycles. The van der Waals surface area contributed by atoms with Gasteiger partial charge in [-0.3, -0.25) is 9.78 Å². The average molecular weight is 194 g/mol. The van der Waals surface area contributed by atoms with Crippen LogP contribution in [0.5, 0.6) is 0 Å². The van der Waals surface area contributed by atoms with E-state index in [0.29, 0.717) is 12.1 Å². The van der Waals surface area contributed by atoms with Gasteiger partial charge in [0, 0.05) is 18.1 Å². The Morgan fingerprint density at radius 2 is 2.21 bits per heavy atom. The first-order chi connectivity index (χ1) is 6.77. The molecule has 4 heteroatoms. The van der Waals surface area contributed by atoms with Crippen LogP contribution in [-0.2, 0) is 4.79 Å². The van der Waals surface area contributed by atoms with Gasteiger partial charge in [-0.05, 0) is 18.6 Å². The van der Waals surface area contributed by atoms with E-state index in [1.807, 2.05) is 6.92 Å². The normalized spacial score (nSPS) is 12.1. The van der Waals surface area contributed by atoms with Gasteiger partial charge in [0.2, 0.25) is 5.91 Å². The molecule has 4 nitrogen and oxygen atoms in total. The van der Waals surface area contributed by atoms with Gasteiger partial charge >= 0.3 is 0 Å². The van der Waals surface area contributed by atoms with Crippen molar-refractivity contribution in [2.24, 2.45) is 5.92 Å². The third kappa shape index (κ3) is 2.81. The van der Waals surface area contributed by atoms with Gasteiger partial charge in [-0.25, -0.2) is 0 Å². The first kappa shape index (κ1) is 10.7. The number of nitrogens with one attached hydrogen (secondary N) is 1. The molecule has 1 atom stereocenters. The van der Waals surface area contributed by atoms with Gasteiger partial charge < -0.3 is 10.4 Å². The van der Waals surface area contributed by atoms with Crippen LogP contribution in [0.25, 0.3) is 0 Å². The van der Waals surface area contributed by atoms with Crippen LogP contribution in [0.1, 0.15) is 13.3 Å². The first-order valence-electron chi connectivity index (χ1n) is 4.59. The Morgan fingerprint density at radius 3 is 2.71 bits per heavy atom. The fourth-order valence-electron chi connectivity index (χ4n) is 1.08. The van der Waals surface area contributed by atoms with Crippen molar-refractivity contribution in [2.45, 2.75) is 13.3 Å². The highest BCUT2D eigenvalue weighted by molar-refractivity contribution is 5.92. The summed E-state index contributed by atoms with van der Waals surface area (Å²) in [6, 6.07) is 3.42. The molecule has 0 fully saturated rings. The van der Waals surface area contributed by atoms with Crippen LogP contribution >= 0.6 is 0 Å². The smallest absolute Gasteiger partial charge is 0.229 e. The van der Waals surface area contributed by atoms with Crippen molar-refractivity contribution >= 4 is 11.6 Å². The minimum absolute atomic E-state index is 0.118. The van der Waals surface area contributed by atoms with Crippen LogP contribution in [0.4, 0.5) is 5.69 Å². The second kappa shape index (κ2) is 5.34. The van der Waals surface area contributed by atoms with E-state index < -0.39 is 0 Å². The van der Waals surface area contributed by atoms with Crippen LogP contribution in [0.3, 0.4) is 0 Å². The van der Waals surface area contributed by atoms with E-state index in [-0.39, 0.29) is 18.4 Å². The number of carbonyl (C=O) groups is 1. The summed E-state index contributed by atoms with van der Waals surface area (Å²) < 4.78 is 0. The molecule has 14 heavy (non-hydrogen) atoms. The number of hydrogen-bond donors (Lipinski definition) is 2. The van der Waals surface area contributed by atoms with Crippen LogP contribution in [0.2, 0.25) is 0 Å². The molecule has 1 amide bonds. The average Bonchev–Trinajstić information content (AvgIpc) is 2.21. The quantitative estimate of drug-likeness (QED) is 0.752. The predicted molar refractivity (Wildman–Crippen MR) is 53.7 cm³/mol. The Labute approximate surface area is 83.0 Å². The lowest BCUT2D eigenvalue weighted by Crippen LogP contribution is -2.24. The van der Waals surface area contributed by atoms with E-state index >= 15 is 0 Å². The van der Waals surface area contributed by atoms with Gasteiger partial charge in [-0.15, -0.1) is 0 Å². The van der Waals surface area contributed by atoms with Gasteiger partial charge in [0.05, 0.1) is 12.5 Å². The molecule has 76 valence electrons. The summed E-state index contributed by atoms with van der Waals surface area (Å²) in [6.07, 6.45) is 3.85. The van der Waals surface area contributed by atoms with E-state index in [4.69, 9.17) is 5.11 Å². The molecule has 0 saturated carbocycles. The largest absolute Gasteiger partial charge is 0.396 e. The van der Waals surface area contributed by atoms with E-state index in [1.54, 1.807) is 24.5 Å². The highest BCUT2D eigenvalue weighted by Crippen LogP contribution is 2.08. The summed E-state index contributed by atoms with van der Waals surface area (Å²) in [4.78, 5) is 15.3. The third-order valence-corrected chi connectivity index (χ3v) is 2.03. The fraction of sp³-hybridized carbons (Fsp3) is 0.400.